The fraction of sp³-hybridized carbons (Fsp3) is 0.231. The fourth-order valence-electron chi connectivity index (χ4n) is 3.75. The molecule has 0 aliphatic heterocycles. The topological polar surface area (TPSA) is 86.1 Å². The highest BCUT2D eigenvalue weighted by Gasteiger charge is 2.15. The van der Waals surface area contributed by atoms with E-state index in [0.717, 1.165) is 17.7 Å². The highest BCUT2D eigenvalue weighted by Crippen LogP contribution is 2.21. The van der Waals surface area contributed by atoms with E-state index < -0.39 is 0 Å². The number of nitrogens with zero attached hydrogens (tertiary/aromatic N) is 3. The number of ether oxygens (including phenoxy) is 1. The Morgan fingerprint density at radius 3 is 2.64 bits per heavy atom. The van der Waals surface area contributed by atoms with Crippen LogP contribution in [0.1, 0.15) is 42.2 Å². The molecule has 0 saturated heterocycles. The van der Waals surface area contributed by atoms with Gasteiger partial charge in [0.2, 0.25) is 0 Å². The molecule has 1 amide bonds. The highest BCUT2D eigenvalue weighted by molar-refractivity contribution is 5.95. The van der Waals surface area contributed by atoms with Crippen molar-refractivity contribution in [3.63, 3.8) is 0 Å². The van der Waals surface area contributed by atoms with Crippen LogP contribution in [0, 0.1) is 0 Å². The summed E-state index contributed by atoms with van der Waals surface area (Å²) in [6, 6.07) is 18.0. The lowest BCUT2D eigenvalue weighted by atomic mass is 10.1. The van der Waals surface area contributed by atoms with Crippen LogP contribution in [-0.4, -0.2) is 27.6 Å². The molecule has 0 aliphatic carbocycles. The van der Waals surface area contributed by atoms with Crippen molar-refractivity contribution in [2.75, 3.05) is 7.11 Å². The van der Waals surface area contributed by atoms with E-state index in [-0.39, 0.29) is 17.5 Å². The molecule has 2 aromatic carbocycles. The van der Waals surface area contributed by atoms with Gasteiger partial charge in [-0.2, -0.15) is 0 Å². The number of aryl methyl sites for hydroxylation is 1. The fourth-order valence-corrected chi connectivity index (χ4v) is 3.75. The Bertz CT molecular complexity index is 1350. The Labute approximate surface area is 192 Å². The quantitative estimate of drug-likeness (QED) is 0.459. The lowest BCUT2D eigenvalue weighted by molar-refractivity contribution is 0.0940. The van der Waals surface area contributed by atoms with Gasteiger partial charge in [-0.25, -0.2) is 9.97 Å². The van der Waals surface area contributed by atoms with E-state index in [4.69, 9.17) is 4.74 Å². The van der Waals surface area contributed by atoms with E-state index in [2.05, 4.69) is 15.3 Å². The molecule has 0 aliphatic rings. The molecule has 2 aromatic heterocycles. The number of fused-ring (bicyclic) bond motifs is 1. The summed E-state index contributed by atoms with van der Waals surface area (Å²) in [6.07, 6.45) is 2.47. The van der Waals surface area contributed by atoms with Crippen molar-refractivity contribution in [1.29, 1.82) is 0 Å². The Kier molecular flexibility index (Phi) is 6.49. The van der Waals surface area contributed by atoms with Crippen molar-refractivity contribution >= 4 is 17.1 Å². The maximum absolute atomic E-state index is 13.1. The molecule has 4 rings (SSSR count). The molecule has 0 fully saturated rings. The van der Waals surface area contributed by atoms with E-state index >= 15 is 0 Å². The molecule has 0 unspecified atom stereocenters. The predicted octanol–water partition coefficient (Wildman–Crippen LogP) is 4.37. The van der Waals surface area contributed by atoms with Crippen molar-refractivity contribution in [3.8, 4) is 17.0 Å². The van der Waals surface area contributed by atoms with E-state index in [1.165, 1.54) is 0 Å². The molecule has 0 bridgehead atoms. The minimum atomic E-state index is -0.198. The number of carbonyl (C=O) groups excluding carboxylic acids is 1. The predicted molar refractivity (Wildman–Crippen MR) is 128 cm³/mol. The van der Waals surface area contributed by atoms with Crippen LogP contribution in [-0.2, 0) is 6.54 Å². The Balaban J connectivity index is 1.59. The maximum Gasteiger partial charge on any atom is 0.278 e. The lowest BCUT2D eigenvalue weighted by Crippen LogP contribution is -2.26. The van der Waals surface area contributed by atoms with E-state index in [1.54, 1.807) is 48.2 Å². The van der Waals surface area contributed by atoms with Crippen molar-refractivity contribution in [1.82, 2.24) is 19.9 Å². The van der Waals surface area contributed by atoms with Crippen LogP contribution in [0.15, 0.2) is 71.7 Å². The first-order valence-electron chi connectivity index (χ1n) is 10.9. The summed E-state index contributed by atoms with van der Waals surface area (Å²) >= 11 is 0. The van der Waals surface area contributed by atoms with Crippen molar-refractivity contribution in [3.05, 3.63) is 88.3 Å². The first-order valence-corrected chi connectivity index (χ1v) is 10.9. The average Bonchev–Trinajstić information content (AvgIpc) is 2.85. The van der Waals surface area contributed by atoms with Gasteiger partial charge in [0.05, 0.1) is 13.2 Å². The summed E-state index contributed by atoms with van der Waals surface area (Å²) in [7, 11) is 1.61. The minimum Gasteiger partial charge on any atom is -0.497 e. The zero-order chi connectivity index (χ0) is 23.4. The zero-order valence-corrected chi connectivity index (χ0v) is 18.9. The minimum absolute atomic E-state index is 0.188. The normalized spacial score (nSPS) is 11.8. The van der Waals surface area contributed by atoms with Crippen LogP contribution in [0.2, 0.25) is 0 Å². The van der Waals surface area contributed by atoms with Crippen molar-refractivity contribution in [2.45, 2.75) is 32.9 Å². The monoisotopic (exact) mass is 442 g/mol. The zero-order valence-electron chi connectivity index (χ0n) is 18.9. The van der Waals surface area contributed by atoms with Gasteiger partial charge in [0.1, 0.15) is 17.0 Å². The molecule has 7 nitrogen and oxygen atoms in total. The number of amides is 1. The standard InChI is InChI=1S/C26H26N4O3/c1-4-15-30-24-22(9-6-14-27-24)29-23(26(30)32)18-10-12-19(13-11-18)25(31)28-17(2)20-7-5-8-21(16-20)33-3/h5-14,16-17H,4,15H2,1-3H3,(H,28,31)/t17-/m0/s1. The van der Waals surface area contributed by atoms with Gasteiger partial charge < -0.3 is 10.1 Å². The first kappa shape index (κ1) is 22.2. The molecule has 0 spiro atoms. The summed E-state index contributed by atoms with van der Waals surface area (Å²) in [4.78, 5) is 34.8. The molecular weight excluding hydrogens is 416 g/mol. The van der Waals surface area contributed by atoms with Crippen molar-refractivity contribution < 1.29 is 9.53 Å². The second kappa shape index (κ2) is 9.65. The molecule has 2 heterocycles. The molecule has 168 valence electrons. The van der Waals surface area contributed by atoms with Gasteiger partial charge in [-0.15, -0.1) is 0 Å². The highest BCUT2D eigenvalue weighted by atomic mass is 16.5. The molecule has 0 saturated carbocycles. The third kappa shape index (κ3) is 4.62. The number of methoxy groups -OCH3 is 1. The van der Waals surface area contributed by atoms with Gasteiger partial charge in [0.15, 0.2) is 5.65 Å². The van der Waals surface area contributed by atoms with Crippen LogP contribution in [0.4, 0.5) is 0 Å². The van der Waals surface area contributed by atoms with Gasteiger partial charge in [-0.3, -0.25) is 14.2 Å². The summed E-state index contributed by atoms with van der Waals surface area (Å²) in [5.74, 6) is 0.542. The van der Waals surface area contributed by atoms with Gasteiger partial charge in [-0.1, -0.05) is 31.2 Å². The number of carbonyl (C=O) groups is 1. The average molecular weight is 443 g/mol. The van der Waals surface area contributed by atoms with E-state index in [9.17, 15) is 9.59 Å². The van der Waals surface area contributed by atoms with Crippen LogP contribution in [0.25, 0.3) is 22.4 Å². The molecule has 0 radical (unpaired) electrons. The van der Waals surface area contributed by atoms with Gasteiger partial charge in [0.25, 0.3) is 11.5 Å². The van der Waals surface area contributed by atoms with Crippen LogP contribution < -0.4 is 15.6 Å². The molecule has 33 heavy (non-hydrogen) atoms. The molecule has 4 aromatic rings. The first-order chi connectivity index (χ1) is 16.0. The number of benzene rings is 2. The molecule has 1 atom stereocenters. The number of nitrogens with one attached hydrogen (secondary N) is 1. The van der Waals surface area contributed by atoms with E-state index in [0.29, 0.717) is 34.5 Å². The number of hydrogen-bond donors (Lipinski definition) is 1. The third-order valence-corrected chi connectivity index (χ3v) is 5.51. The Morgan fingerprint density at radius 2 is 1.91 bits per heavy atom. The summed E-state index contributed by atoms with van der Waals surface area (Å²) in [5, 5.41) is 3.00. The van der Waals surface area contributed by atoms with Gasteiger partial charge in [0, 0.05) is 23.9 Å². The second-order valence-electron chi connectivity index (χ2n) is 7.81. The smallest absolute Gasteiger partial charge is 0.278 e. The lowest BCUT2D eigenvalue weighted by Gasteiger charge is -2.15. The largest absolute Gasteiger partial charge is 0.497 e. The number of rotatable bonds is 7. The SMILES string of the molecule is CCCn1c(=O)c(-c2ccc(C(=O)N[C@@H](C)c3cccc(OC)c3)cc2)nc2cccnc21. The Hall–Kier alpha value is -4.00. The molecule has 7 heteroatoms. The summed E-state index contributed by atoms with van der Waals surface area (Å²) in [5.41, 5.74) is 3.51. The summed E-state index contributed by atoms with van der Waals surface area (Å²) < 4.78 is 6.92. The molecular formula is C26H26N4O3. The molecule has 1 N–H and O–H groups in total. The number of pyridine rings is 1. The van der Waals surface area contributed by atoms with Crippen LogP contribution in [0.3, 0.4) is 0 Å². The van der Waals surface area contributed by atoms with Crippen LogP contribution in [0.5, 0.6) is 5.75 Å². The second-order valence-corrected chi connectivity index (χ2v) is 7.81. The number of hydrogen-bond acceptors (Lipinski definition) is 5. The van der Waals surface area contributed by atoms with Gasteiger partial charge in [-0.05, 0) is 55.3 Å². The van der Waals surface area contributed by atoms with Crippen molar-refractivity contribution in [2.24, 2.45) is 0 Å². The Morgan fingerprint density at radius 1 is 1.12 bits per heavy atom. The number of aromatic nitrogens is 3. The summed E-state index contributed by atoms with van der Waals surface area (Å²) in [6.45, 7) is 4.50. The maximum atomic E-state index is 13.1. The van der Waals surface area contributed by atoms with E-state index in [1.807, 2.05) is 44.2 Å². The van der Waals surface area contributed by atoms with Crippen LogP contribution >= 0.6 is 0 Å². The van der Waals surface area contributed by atoms with Gasteiger partial charge >= 0.3 is 0 Å². The third-order valence-electron chi connectivity index (χ3n) is 5.51.